The van der Waals surface area contributed by atoms with Gasteiger partial charge >= 0.3 is 0 Å². The van der Waals surface area contributed by atoms with E-state index in [-0.39, 0.29) is 17.5 Å². The quantitative estimate of drug-likeness (QED) is 0.176. The summed E-state index contributed by atoms with van der Waals surface area (Å²) in [5.41, 5.74) is 9.50. The molecule has 2 aliphatic heterocycles. The van der Waals surface area contributed by atoms with Crippen molar-refractivity contribution in [1.82, 2.24) is 4.57 Å². The highest BCUT2D eigenvalue weighted by Crippen LogP contribution is 2.42. The molecule has 0 atom stereocenters. The minimum atomic E-state index is 0.0123. The van der Waals surface area contributed by atoms with E-state index in [1.165, 1.54) is 49.1 Å². The number of hydrogen-bond acceptors (Lipinski definition) is 2. The molecule has 6 aromatic carbocycles. The van der Waals surface area contributed by atoms with Gasteiger partial charge in [0, 0.05) is 28.4 Å². The van der Waals surface area contributed by atoms with Gasteiger partial charge in [0.25, 0.3) is 6.71 Å². The van der Waals surface area contributed by atoms with Crippen molar-refractivity contribution in [3.63, 3.8) is 0 Å². The molecule has 2 aliphatic rings. The van der Waals surface area contributed by atoms with Gasteiger partial charge in [0.1, 0.15) is 23.0 Å². The average molecular weight is 598 g/mol. The molecule has 3 nitrogen and oxygen atoms in total. The van der Waals surface area contributed by atoms with E-state index in [1.54, 1.807) is 0 Å². The lowest BCUT2D eigenvalue weighted by atomic mass is 9.34. The van der Waals surface area contributed by atoms with E-state index in [4.69, 9.17) is 9.47 Å². The maximum Gasteiger partial charge on any atom is 0.260 e. The Labute approximate surface area is 270 Å². The molecule has 4 heteroatoms. The van der Waals surface area contributed by atoms with Crippen LogP contribution in [0.15, 0.2) is 109 Å². The topological polar surface area (TPSA) is 23.4 Å². The lowest BCUT2D eigenvalue weighted by Crippen LogP contribution is -2.57. The fourth-order valence-corrected chi connectivity index (χ4v) is 7.57. The Morgan fingerprint density at radius 1 is 0.522 bits per heavy atom. The zero-order chi connectivity index (χ0) is 31.5. The Kier molecular flexibility index (Phi) is 5.53. The van der Waals surface area contributed by atoms with Crippen molar-refractivity contribution in [2.45, 2.75) is 52.4 Å². The van der Waals surface area contributed by atoms with Crippen LogP contribution in [0.5, 0.6) is 23.0 Å². The number of nitrogens with zero attached hydrogens (tertiary/aromatic N) is 1. The van der Waals surface area contributed by atoms with Crippen LogP contribution in [0.4, 0.5) is 0 Å². The Hall–Kier alpha value is -4.96. The van der Waals surface area contributed by atoms with Crippen molar-refractivity contribution in [2.24, 2.45) is 0 Å². The van der Waals surface area contributed by atoms with Crippen LogP contribution in [0.1, 0.15) is 52.7 Å². The van der Waals surface area contributed by atoms with Crippen molar-refractivity contribution >= 4 is 55.7 Å². The summed E-state index contributed by atoms with van der Waals surface area (Å²) < 4.78 is 16.1. The van der Waals surface area contributed by atoms with Gasteiger partial charge in [-0.15, -0.1) is 0 Å². The second kappa shape index (κ2) is 9.29. The number of aromatic nitrogens is 1. The summed E-state index contributed by atoms with van der Waals surface area (Å²) in [5, 5.41) is 5.00. The predicted octanol–water partition coefficient (Wildman–Crippen LogP) is 9.26. The molecule has 0 spiro atoms. The van der Waals surface area contributed by atoms with Gasteiger partial charge in [0.15, 0.2) is 0 Å². The van der Waals surface area contributed by atoms with Crippen molar-refractivity contribution in [2.75, 3.05) is 0 Å². The zero-order valence-corrected chi connectivity index (χ0v) is 27.2. The molecule has 0 radical (unpaired) electrons. The Morgan fingerprint density at radius 3 is 1.70 bits per heavy atom. The van der Waals surface area contributed by atoms with Gasteiger partial charge in [-0.25, -0.2) is 0 Å². The average Bonchev–Trinajstić information content (AvgIpc) is 3.38. The number of hydrogen-bond donors (Lipinski definition) is 0. The highest BCUT2D eigenvalue weighted by atomic mass is 16.5. The number of ether oxygens (including phenoxy) is 2. The van der Waals surface area contributed by atoms with Crippen molar-refractivity contribution in [1.29, 1.82) is 0 Å². The third-order valence-electron chi connectivity index (χ3n) is 10.0. The normalized spacial score (nSPS) is 13.7. The smallest absolute Gasteiger partial charge is 0.260 e. The maximum atomic E-state index is 6.84. The molecule has 224 valence electrons. The molecule has 7 aromatic rings. The van der Waals surface area contributed by atoms with E-state index < -0.39 is 0 Å². The third kappa shape index (κ3) is 3.92. The summed E-state index contributed by atoms with van der Waals surface area (Å²) in [6.45, 7) is 13.6. The van der Waals surface area contributed by atoms with Gasteiger partial charge < -0.3 is 14.0 Å². The first kappa shape index (κ1) is 27.4. The van der Waals surface area contributed by atoms with Crippen molar-refractivity contribution < 1.29 is 9.47 Å². The van der Waals surface area contributed by atoms with Crippen LogP contribution in [0, 0.1) is 0 Å². The van der Waals surface area contributed by atoms with E-state index in [2.05, 4.69) is 155 Å². The third-order valence-corrected chi connectivity index (χ3v) is 10.0. The Bertz CT molecular complexity index is 2310. The second-order valence-corrected chi connectivity index (χ2v) is 15.0. The summed E-state index contributed by atoms with van der Waals surface area (Å²) in [5.74, 6) is 3.53. The summed E-state index contributed by atoms with van der Waals surface area (Å²) in [7, 11) is 0. The van der Waals surface area contributed by atoms with Crippen LogP contribution in [-0.2, 0) is 10.8 Å². The van der Waals surface area contributed by atoms with E-state index >= 15 is 0 Å². The monoisotopic (exact) mass is 597 g/mol. The molecule has 0 aliphatic carbocycles. The van der Waals surface area contributed by atoms with E-state index in [9.17, 15) is 0 Å². The molecule has 1 aromatic heterocycles. The van der Waals surface area contributed by atoms with E-state index in [0.717, 1.165) is 39.7 Å². The molecule has 0 fully saturated rings. The lowest BCUT2D eigenvalue weighted by Gasteiger charge is -2.35. The first-order valence-electron chi connectivity index (χ1n) is 16.3. The van der Waals surface area contributed by atoms with Crippen molar-refractivity contribution in [3.8, 4) is 28.7 Å². The summed E-state index contributed by atoms with van der Waals surface area (Å²) in [6.07, 6.45) is 0. The zero-order valence-electron chi connectivity index (χ0n) is 27.2. The van der Waals surface area contributed by atoms with Crippen LogP contribution >= 0.6 is 0 Å². The lowest BCUT2D eigenvalue weighted by molar-refractivity contribution is 0.463. The number of rotatable bonds is 1. The van der Waals surface area contributed by atoms with Gasteiger partial charge in [-0.05, 0) is 67.9 Å². The fraction of sp³-hybridized carbons (Fsp3) is 0.190. The van der Waals surface area contributed by atoms with Gasteiger partial charge in [-0.1, -0.05) is 114 Å². The van der Waals surface area contributed by atoms with Gasteiger partial charge in [-0.3, -0.25) is 0 Å². The molecule has 0 unspecified atom stereocenters. The first-order valence-corrected chi connectivity index (χ1v) is 16.3. The minimum absolute atomic E-state index is 0.0123. The molecule has 0 saturated carbocycles. The molecule has 3 heterocycles. The van der Waals surface area contributed by atoms with Crippen LogP contribution in [0.25, 0.3) is 38.3 Å². The summed E-state index contributed by atoms with van der Waals surface area (Å²) in [4.78, 5) is 0. The number of fused-ring (bicyclic) bond motifs is 9. The molecule has 0 amide bonds. The Morgan fingerprint density at radius 2 is 1.09 bits per heavy atom. The summed E-state index contributed by atoms with van der Waals surface area (Å²) in [6, 6.07) is 39.8. The molecular weight excluding hydrogens is 561 g/mol. The van der Waals surface area contributed by atoms with Crippen LogP contribution in [0.3, 0.4) is 0 Å². The van der Waals surface area contributed by atoms with Gasteiger partial charge in [0.05, 0.1) is 16.7 Å². The molecule has 0 N–H and O–H groups in total. The second-order valence-electron chi connectivity index (χ2n) is 15.0. The van der Waals surface area contributed by atoms with Crippen LogP contribution < -0.4 is 25.9 Å². The largest absolute Gasteiger partial charge is 0.458 e. The molecule has 9 rings (SSSR count). The van der Waals surface area contributed by atoms with Gasteiger partial charge in [0.2, 0.25) is 0 Å². The number of para-hydroxylation sites is 1. The fourth-order valence-electron chi connectivity index (χ4n) is 7.57. The van der Waals surface area contributed by atoms with Crippen LogP contribution in [0.2, 0.25) is 0 Å². The molecule has 0 bridgehead atoms. The van der Waals surface area contributed by atoms with E-state index in [0.29, 0.717) is 0 Å². The van der Waals surface area contributed by atoms with Gasteiger partial charge in [-0.2, -0.15) is 0 Å². The van der Waals surface area contributed by atoms with Crippen molar-refractivity contribution in [3.05, 3.63) is 120 Å². The maximum absolute atomic E-state index is 6.84. The minimum Gasteiger partial charge on any atom is -0.458 e. The SMILES string of the molecule is CC(C)(C)c1ccc2c(c1)B1c3cc(C(C)(C)C)ccc3Oc3cc(-n4c5ccccc5c5c6ccccc6ccc54)cc(c31)O2. The molecule has 0 saturated heterocycles. The standard InChI is InChI=1S/C42H36BNO2/c1-41(2,3)26-16-19-35-31(21-26)43-32-22-27(42(4,5)6)17-20-36(32)46-38-24-28(23-37(45-35)40(38)43)44-33-14-10-9-13-30(33)39-29-12-8-7-11-25(29)15-18-34(39)44/h7-24H,1-6H3. The molecule has 46 heavy (non-hydrogen) atoms. The number of benzene rings is 6. The van der Waals surface area contributed by atoms with Crippen LogP contribution in [-0.4, -0.2) is 11.3 Å². The summed E-state index contributed by atoms with van der Waals surface area (Å²) >= 11 is 0. The Balaban J connectivity index is 1.32. The predicted molar refractivity (Wildman–Crippen MR) is 193 cm³/mol. The highest BCUT2D eigenvalue weighted by molar-refractivity contribution is 6.98. The molecular formula is C42H36BNO2. The highest BCUT2D eigenvalue weighted by Gasteiger charge is 2.41. The van der Waals surface area contributed by atoms with E-state index in [1.807, 2.05) is 0 Å². The first-order chi connectivity index (χ1) is 22.1.